The highest BCUT2D eigenvalue weighted by Crippen LogP contribution is 2.24. The lowest BCUT2D eigenvalue weighted by Gasteiger charge is -2.10. The van der Waals surface area contributed by atoms with E-state index in [-0.39, 0.29) is 10.8 Å². The predicted molar refractivity (Wildman–Crippen MR) is 117 cm³/mol. The number of anilines is 2. The van der Waals surface area contributed by atoms with Crippen molar-refractivity contribution in [1.82, 2.24) is 4.98 Å². The Bertz CT molecular complexity index is 1110. The standard InChI is InChI=1S/C21H23N3O3S2/c1-14(2)12-19-22-15(3)20(28-19)21(25)23-16-8-7-9-17(13-16)24-29(26,27)18-10-5-4-6-11-18/h4-11,13-14,24H,12H2,1-3H3,(H,23,25). The number of aryl methyl sites for hydroxylation is 1. The van der Waals surface area contributed by atoms with E-state index in [0.717, 1.165) is 11.4 Å². The number of carbonyl (C=O) groups is 1. The molecule has 0 atom stereocenters. The van der Waals surface area contributed by atoms with Crippen LogP contribution in [-0.2, 0) is 16.4 Å². The van der Waals surface area contributed by atoms with Crippen LogP contribution in [0.4, 0.5) is 11.4 Å². The van der Waals surface area contributed by atoms with Crippen molar-refractivity contribution in [3.05, 3.63) is 70.2 Å². The van der Waals surface area contributed by atoms with Crippen LogP contribution >= 0.6 is 11.3 Å². The van der Waals surface area contributed by atoms with Crippen molar-refractivity contribution in [1.29, 1.82) is 0 Å². The number of nitrogens with zero attached hydrogens (tertiary/aromatic N) is 1. The van der Waals surface area contributed by atoms with E-state index in [4.69, 9.17) is 0 Å². The molecule has 2 N–H and O–H groups in total. The first kappa shape index (κ1) is 21.0. The maximum Gasteiger partial charge on any atom is 0.267 e. The largest absolute Gasteiger partial charge is 0.321 e. The topological polar surface area (TPSA) is 88.2 Å². The van der Waals surface area contributed by atoms with Crippen LogP contribution in [0.5, 0.6) is 0 Å². The molecule has 2 aromatic carbocycles. The number of hydrogen-bond acceptors (Lipinski definition) is 5. The summed E-state index contributed by atoms with van der Waals surface area (Å²) in [5, 5.41) is 3.77. The predicted octanol–water partition coefficient (Wildman–Crippen LogP) is 4.70. The van der Waals surface area contributed by atoms with Gasteiger partial charge >= 0.3 is 0 Å². The third kappa shape index (κ3) is 5.42. The van der Waals surface area contributed by atoms with Gasteiger partial charge in [-0.05, 0) is 43.2 Å². The number of amides is 1. The quantitative estimate of drug-likeness (QED) is 0.570. The Labute approximate surface area is 175 Å². The van der Waals surface area contributed by atoms with Gasteiger partial charge in [-0.15, -0.1) is 11.3 Å². The molecule has 152 valence electrons. The van der Waals surface area contributed by atoms with E-state index < -0.39 is 10.0 Å². The molecule has 0 saturated carbocycles. The first-order chi connectivity index (χ1) is 13.7. The second kappa shape index (κ2) is 8.75. The van der Waals surface area contributed by atoms with Crippen molar-refractivity contribution in [3.63, 3.8) is 0 Å². The number of carbonyl (C=O) groups excluding carboxylic acids is 1. The van der Waals surface area contributed by atoms with E-state index >= 15 is 0 Å². The number of benzene rings is 2. The van der Waals surface area contributed by atoms with Gasteiger partial charge in [0.05, 0.1) is 21.3 Å². The van der Waals surface area contributed by atoms with E-state index in [1.807, 2.05) is 6.92 Å². The van der Waals surface area contributed by atoms with Crippen molar-refractivity contribution >= 4 is 38.6 Å². The van der Waals surface area contributed by atoms with E-state index in [2.05, 4.69) is 28.9 Å². The summed E-state index contributed by atoms with van der Waals surface area (Å²) < 4.78 is 27.5. The van der Waals surface area contributed by atoms with Gasteiger partial charge < -0.3 is 5.32 Å². The van der Waals surface area contributed by atoms with Crippen molar-refractivity contribution in [2.45, 2.75) is 32.1 Å². The summed E-state index contributed by atoms with van der Waals surface area (Å²) in [6, 6.07) is 14.7. The average Bonchev–Trinajstić information content (AvgIpc) is 3.02. The maximum absolute atomic E-state index is 12.7. The Kier molecular flexibility index (Phi) is 6.34. The molecule has 1 aromatic heterocycles. The minimum absolute atomic E-state index is 0.174. The normalized spacial score (nSPS) is 11.4. The molecule has 0 fully saturated rings. The van der Waals surface area contributed by atoms with Crippen LogP contribution in [0, 0.1) is 12.8 Å². The van der Waals surface area contributed by atoms with Crippen LogP contribution in [0.1, 0.15) is 34.2 Å². The molecule has 0 radical (unpaired) electrons. The van der Waals surface area contributed by atoms with Crippen LogP contribution in [0.15, 0.2) is 59.5 Å². The molecule has 0 aliphatic heterocycles. The van der Waals surface area contributed by atoms with Crippen LogP contribution in [0.2, 0.25) is 0 Å². The zero-order chi connectivity index (χ0) is 21.0. The fourth-order valence-electron chi connectivity index (χ4n) is 2.76. The maximum atomic E-state index is 12.7. The second-order valence-corrected chi connectivity index (χ2v) is 9.84. The second-order valence-electron chi connectivity index (χ2n) is 7.07. The zero-order valence-electron chi connectivity index (χ0n) is 16.5. The highest BCUT2D eigenvalue weighted by Gasteiger charge is 2.17. The molecular weight excluding hydrogens is 406 g/mol. The SMILES string of the molecule is Cc1nc(CC(C)C)sc1C(=O)Nc1cccc(NS(=O)(=O)c2ccccc2)c1. The fourth-order valence-corrected chi connectivity index (χ4v) is 5.00. The highest BCUT2D eigenvalue weighted by molar-refractivity contribution is 7.92. The summed E-state index contributed by atoms with van der Waals surface area (Å²) in [5.74, 6) is 0.212. The molecule has 0 aliphatic carbocycles. The molecule has 6 nitrogen and oxygen atoms in total. The molecule has 1 heterocycles. The lowest BCUT2D eigenvalue weighted by molar-refractivity contribution is 0.103. The molecule has 3 aromatic rings. The molecule has 29 heavy (non-hydrogen) atoms. The van der Waals surface area contributed by atoms with Gasteiger partial charge in [0.15, 0.2) is 0 Å². The Morgan fingerprint density at radius 3 is 2.45 bits per heavy atom. The average molecular weight is 430 g/mol. The smallest absolute Gasteiger partial charge is 0.267 e. The molecule has 0 unspecified atom stereocenters. The third-order valence-electron chi connectivity index (χ3n) is 4.06. The summed E-state index contributed by atoms with van der Waals surface area (Å²) in [4.78, 5) is 17.9. The molecule has 0 spiro atoms. The van der Waals surface area contributed by atoms with Crippen molar-refractivity contribution in [2.75, 3.05) is 10.0 Å². The van der Waals surface area contributed by atoms with Crippen molar-refractivity contribution in [3.8, 4) is 0 Å². The van der Waals surface area contributed by atoms with Gasteiger partial charge in [-0.1, -0.05) is 38.1 Å². The van der Waals surface area contributed by atoms with Gasteiger partial charge in [0, 0.05) is 12.1 Å². The van der Waals surface area contributed by atoms with Crippen LogP contribution in [-0.4, -0.2) is 19.3 Å². The van der Waals surface area contributed by atoms with Crippen LogP contribution in [0.25, 0.3) is 0 Å². The Morgan fingerprint density at radius 1 is 1.07 bits per heavy atom. The zero-order valence-corrected chi connectivity index (χ0v) is 18.1. The van der Waals surface area contributed by atoms with E-state index in [1.54, 1.807) is 42.5 Å². The number of hydrogen-bond donors (Lipinski definition) is 2. The molecule has 0 aliphatic rings. The summed E-state index contributed by atoms with van der Waals surface area (Å²) in [6.45, 7) is 6.04. The molecule has 0 bridgehead atoms. The molecule has 1 amide bonds. The Balaban J connectivity index is 1.75. The fraction of sp³-hybridized carbons (Fsp3) is 0.238. The van der Waals surface area contributed by atoms with Crippen molar-refractivity contribution < 1.29 is 13.2 Å². The van der Waals surface area contributed by atoms with Gasteiger partial charge in [0.25, 0.3) is 15.9 Å². The number of nitrogens with one attached hydrogen (secondary N) is 2. The van der Waals surface area contributed by atoms with Crippen LogP contribution in [0.3, 0.4) is 0 Å². The minimum Gasteiger partial charge on any atom is -0.321 e. The lowest BCUT2D eigenvalue weighted by Crippen LogP contribution is -2.14. The number of sulfonamides is 1. The first-order valence-corrected chi connectivity index (χ1v) is 11.5. The first-order valence-electron chi connectivity index (χ1n) is 9.20. The van der Waals surface area contributed by atoms with E-state index in [0.29, 0.717) is 27.9 Å². The number of rotatable bonds is 7. The summed E-state index contributed by atoms with van der Waals surface area (Å²) in [6.07, 6.45) is 0.829. The molecule has 3 rings (SSSR count). The monoisotopic (exact) mass is 429 g/mol. The van der Waals surface area contributed by atoms with Gasteiger partial charge in [-0.2, -0.15) is 0 Å². The van der Waals surface area contributed by atoms with E-state index in [1.165, 1.54) is 23.5 Å². The summed E-state index contributed by atoms with van der Waals surface area (Å²) in [7, 11) is -3.70. The Morgan fingerprint density at radius 2 is 1.76 bits per heavy atom. The van der Waals surface area contributed by atoms with Gasteiger partial charge in [0.2, 0.25) is 0 Å². The highest BCUT2D eigenvalue weighted by atomic mass is 32.2. The number of aromatic nitrogens is 1. The lowest BCUT2D eigenvalue weighted by atomic mass is 10.1. The molecule has 8 heteroatoms. The van der Waals surface area contributed by atoms with Gasteiger partial charge in [0.1, 0.15) is 4.88 Å². The third-order valence-corrected chi connectivity index (χ3v) is 6.63. The number of thiazole rings is 1. The molecule has 0 saturated heterocycles. The van der Waals surface area contributed by atoms with Crippen molar-refractivity contribution in [2.24, 2.45) is 5.92 Å². The summed E-state index contributed by atoms with van der Waals surface area (Å²) >= 11 is 1.39. The summed E-state index contributed by atoms with van der Waals surface area (Å²) in [5.41, 5.74) is 1.57. The van der Waals surface area contributed by atoms with Crippen LogP contribution < -0.4 is 10.0 Å². The Hall–Kier alpha value is -2.71. The van der Waals surface area contributed by atoms with E-state index in [9.17, 15) is 13.2 Å². The molecular formula is C21H23N3O3S2. The minimum atomic E-state index is -3.70. The van der Waals surface area contributed by atoms with Gasteiger partial charge in [-0.3, -0.25) is 9.52 Å². The van der Waals surface area contributed by atoms with Gasteiger partial charge in [-0.25, -0.2) is 13.4 Å².